The van der Waals surface area contributed by atoms with E-state index < -0.39 is 11.9 Å². The van der Waals surface area contributed by atoms with Gasteiger partial charge in [0, 0.05) is 5.56 Å². The second kappa shape index (κ2) is 5.22. The number of hydrogen-bond acceptors (Lipinski definition) is 2. The summed E-state index contributed by atoms with van der Waals surface area (Å²) in [4.78, 5) is 23.1. The lowest BCUT2D eigenvalue weighted by molar-refractivity contribution is -0.138. The first-order valence-electron chi connectivity index (χ1n) is 6.31. The number of aliphatic carboxylic acids is 1. The smallest absolute Gasteiger partial charge is 0.310 e. The highest BCUT2D eigenvalue weighted by atomic mass is 16.4. The summed E-state index contributed by atoms with van der Waals surface area (Å²) in [5.41, 5.74) is 1.31. The van der Waals surface area contributed by atoms with E-state index in [-0.39, 0.29) is 5.78 Å². The molecule has 0 spiro atoms. The van der Waals surface area contributed by atoms with Crippen LogP contribution in [0.15, 0.2) is 36.4 Å². The quantitative estimate of drug-likeness (QED) is 0.850. The number of carbonyl (C=O) groups excluding carboxylic acids is 1. The summed E-state index contributed by atoms with van der Waals surface area (Å²) in [5, 5.41) is 11.0. The predicted octanol–water partition coefficient (Wildman–Crippen LogP) is 3.62. The van der Waals surface area contributed by atoms with Gasteiger partial charge in [0.2, 0.25) is 0 Å². The molecule has 0 aromatic heterocycles. The molecule has 0 aliphatic rings. The fourth-order valence-corrected chi connectivity index (χ4v) is 2.48. The molecule has 1 atom stereocenters. The summed E-state index contributed by atoms with van der Waals surface area (Å²) in [7, 11) is 0. The number of Topliss-reactive ketones (excluding diaryl/α,β-unsaturated/α-hetero) is 1. The van der Waals surface area contributed by atoms with Crippen molar-refractivity contribution in [3.05, 3.63) is 47.5 Å². The summed E-state index contributed by atoms with van der Waals surface area (Å²) >= 11 is 0. The van der Waals surface area contributed by atoms with Crippen molar-refractivity contribution in [2.24, 2.45) is 0 Å². The second-order valence-corrected chi connectivity index (χ2v) is 4.61. The van der Waals surface area contributed by atoms with Crippen LogP contribution in [0.25, 0.3) is 10.8 Å². The molecule has 2 aromatic carbocycles. The van der Waals surface area contributed by atoms with Gasteiger partial charge in [-0.25, -0.2) is 0 Å². The molecule has 0 heterocycles. The van der Waals surface area contributed by atoms with Crippen LogP contribution in [0, 0.1) is 0 Å². The Kier molecular flexibility index (Phi) is 3.65. The van der Waals surface area contributed by atoms with Gasteiger partial charge in [0.1, 0.15) is 0 Å². The van der Waals surface area contributed by atoms with Crippen LogP contribution in [0.4, 0.5) is 0 Å². The van der Waals surface area contributed by atoms with Crippen LogP contribution in [0.5, 0.6) is 0 Å². The van der Waals surface area contributed by atoms with Crippen molar-refractivity contribution in [1.82, 2.24) is 0 Å². The molecule has 0 radical (unpaired) electrons. The third kappa shape index (κ3) is 2.36. The van der Waals surface area contributed by atoms with E-state index in [1.165, 1.54) is 6.92 Å². The van der Waals surface area contributed by atoms with Crippen LogP contribution >= 0.6 is 0 Å². The Morgan fingerprint density at radius 1 is 1.16 bits per heavy atom. The van der Waals surface area contributed by atoms with E-state index >= 15 is 0 Å². The third-order valence-electron chi connectivity index (χ3n) is 3.40. The van der Waals surface area contributed by atoms with Gasteiger partial charge in [0.05, 0.1) is 5.92 Å². The van der Waals surface area contributed by atoms with Crippen LogP contribution < -0.4 is 0 Å². The Bertz CT molecular complexity index is 638. The maximum atomic E-state index is 11.7. The standard InChI is InChI=1S/C16H16O3/c1-3-12(16(18)19)14-9-5-7-11-6-4-8-13(10(2)17)15(11)14/h4-9,12H,3H2,1-2H3,(H,18,19). The highest BCUT2D eigenvalue weighted by molar-refractivity contribution is 6.09. The third-order valence-corrected chi connectivity index (χ3v) is 3.40. The first-order valence-corrected chi connectivity index (χ1v) is 6.31. The van der Waals surface area contributed by atoms with Gasteiger partial charge in [-0.05, 0) is 29.7 Å². The van der Waals surface area contributed by atoms with Crippen LogP contribution in [-0.2, 0) is 4.79 Å². The SMILES string of the molecule is CCC(C(=O)O)c1cccc2cccc(C(C)=O)c12. The van der Waals surface area contributed by atoms with E-state index in [2.05, 4.69) is 0 Å². The fourth-order valence-electron chi connectivity index (χ4n) is 2.48. The molecule has 0 amide bonds. The largest absolute Gasteiger partial charge is 0.481 e. The summed E-state index contributed by atoms with van der Waals surface area (Å²) in [5.74, 6) is -1.48. The van der Waals surface area contributed by atoms with E-state index in [1.54, 1.807) is 12.1 Å². The van der Waals surface area contributed by atoms with Gasteiger partial charge in [0.15, 0.2) is 5.78 Å². The fraction of sp³-hybridized carbons (Fsp3) is 0.250. The topological polar surface area (TPSA) is 54.4 Å². The van der Waals surface area contributed by atoms with E-state index in [9.17, 15) is 14.7 Å². The second-order valence-electron chi connectivity index (χ2n) is 4.61. The molecule has 0 fully saturated rings. The average molecular weight is 256 g/mol. The van der Waals surface area contributed by atoms with Gasteiger partial charge < -0.3 is 5.11 Å². The Morgan fingerprint density at radius 3 is 2.32 bits per heavy atom. The van der Waals surface area contributed by atoms with Crippen LogP contribution in [-0.4, -0.2) is 16.9 Å². The molecular weight excluding hydrogens is 240 g/mol. The summed E-state index contributed by atoms with van der Waals surface area (Å²) in [6.07, 6.45) is 0.501. The molecule has 2 aromatic rings. The summed E-state index contributed by atoms with van der Waals surface area (Å²) < 4.78 is 0. The van der Waals surface area contributed by atoms with Crippen molar-refractivity contribution in [2.45, 2.75) is 26.2 Å². The minimum Gasteiger partial charge on any atom is -0.481 e. The molecule has 0 bridgehead atoms. The van der Waals surface area contributed by atoms with Crippen molar-refractivity contribution in [3.63, 3.8) is 0 Å². The van der Waals surface area contributed by atoms with Crippen LogP contribution in [0.1, 0.15) is 42.1 Å². The zero-order valence-corrected chi connectivity index (χ0v) is 11.0. The monoisotopic (exact) mass is 256 g/mol. The van der Waals surface area contributed by atoms with Crippen molar-refractivity contribution >= 4 is 22.5 Å². The first-order chi connectivity index (χ1) is 9.06. The van der Waals surface area contributed by atoms with E-state index in [0.717, 1.165) is 16.3 Å². The Morgan fingerprint density at radius 2 is 1.79 bits per heavy atom. The number of rotatable bonds is 4. The lowest BCUT2D eigenvalue weighted by Crippen LogP contribution is -2.12. The minimum absolute atomic E-state index is 0.0432. The van der Waals surface area contributed by atoms with E-state index in [4.69, 9.17) is 0 Å². The number of ketones is 1. The van der Waals surface area contributed by atoms with Gasteiger partial charge >= 0.3 is 5.97 Å². The molecule has 0 aliphatic heterocycles. The van der Waals surface area contributed by atoms with Gasteiger partial charge in [-0.15, -0.1) is 0 Å². The maximum Gasteiger partial charge on any atom is 0.310 e. The van der Waals surface area contributed by atoms with Crippen LogP contribution in [0.2, 0.25) is 0 Å². The molecule has 1 unspecified atom stereocenters. The number of fused-ring (bicyclic) bond motifs is 1. The number of carboxylic acid groups (broad SMARTS) is 1. The predicted molar refractivity (Wildman–Crippen MR) is 74.6 cm³/mol. The van der Waals surface area contributed by atoms with Gasteiger partial charge in [-0.1, -0.05) is 43.3 Å². The van der Waals surface area contributed by atoms with E-state index in [1.807, 2.05) is 31.2 Å². The summed E-state index contributed by atoms with van der Waals surface area (Å²) in [6.45, 7) is 3.35. The zero-order valence-electron chi connectivity index (χ0n) is 11.0. The van der Waals surface area contributed by atoms with Crippen molar-refractivity contribution in [2.75, 3.05) is 0 Å². The summed E-state index contributed by atoms with van der Waals surface area (Å²) in [6, 6.07) is 11.0. The minimum atomic E-state index is -0.853. The zero-order chi connectivity index (χ0) is 14.0. The molecule has 2 rings (SSSR count). The molecule has 19 heavy (non-hydrogen) atoms. The molecule has 0 saturated heterocycles. The lowest BCUT2D eigenvalue weighted by Gasteiger charge is -2.15. The molecule has 3 heteroatoms. The normalized spacial score (nSPS) is 12.3. The Hall–Kier alpha value is -2.16. The van der Waals surface area contributed by atoms with Crippen LogP contribution in [0.3, 0.4) is 0 Å². The highest BCUT2D eigenvalue weighted by Gasteiger charge is 2.21. The van der Waals surface area contributed by atoms with Crippen molar-refractivity contribution in [3.8, 4) is 0 Å². The molecule has 1 N–H and O–H groups in total. The molecule has 3 nitrogen and oxygen atoms in total. The van der Waals surface area contributed by atoms with Gasteiger partial charge in [-0.3, -0.25) is 9.59 Å². The van der Waals surface area contributed by atoms with Crippen molar-refractivity contribution in [1.29, 1.82) is 0 Å². The molecular formula is C16H16O3. The maximum absolute atomic E-state index is 11.7. The molecule has 0 aliphatic carbocycles. The molecule has 98 valence electrons. The van der Waals surface area contributed by atoms with Crippen molar-refractivity contribution < 1.29 is 14.7 Å². The van der Waals surface area contributed by atoms with Gasteiger partial charge in [-0.2, -0.15) is 0 Å². The number of carbonyl (C=O) groups is 2. The Labute approximate surface area is 111 Å². The van der Waals surface area contributed by atoms with Gasteiger partial charge in [0.25, 0.3) is 0 Å². The first kappa shape index (κ1) is 13.3. The Balaban J connectivity index is 2.80. The highest BCUT2D eigenvalue weighted by Crippen LogP contribution is 2.31. The lowest BCUT2D eigenvalue weighted by atomic mass is 9.88. The molecule has 0 saturated carbocycles. The number of carboxylic acids is 1. The average Bonchev–Trinajstić information content (AvgIpc) is 2.38. The number of benzene rings is 2. The number of hydrogen-bond donors (Lipinski definition) is 1. The van der Waals surface area contributed by atoms with E-state index in [0.29, 0.717) is 12.0 Å².